The maximum atomic E-state index is 5.50. The molecule has 2 atom stereocenters. The van der Waals surface area contributed by atoms with Gasteiger partial charge < -0.3 is 19.5 Å². The van der Waals surface area contributed by atoms with Gasteiger partial charge in [0.25, 0.3) is 0 Å². The lowest BCUT2D eigenvalue weighted by Crippen LogP contribution is -2.16. The van der Waals surface area contributed by atoms with Gasteiger partial charge in [-0.05, 0) is 31.3 Å². The van der Waals surface area contributed by atoms with Gasteiger partial charge in [-0.1, -0.05) is 6.92 Å². The molecule has 2 rings (SSSR count). The van der Waals surface area contributed by atoms with Gasteiger partial charge in [-0.25, -0.2) is 0 Å². The normalized spacial score (nSPS) is 21.1. The molecule has 4 nitrogen and oxygen atoms in total. The molecule has 1 aliphatic rings. The Hall–Kier alpha value is -1.42. The SMILES string of the molecule is CCNCC1CC1c1c(OC)cc(OC)cc1OC. The summed E-state index contributed by atoms with van der Waals surface area (Å²) in [5, 5.41) is 3.40. The van der Waals surface area contributed by atoms with E-state index in [1.807, 2.05) is 12.1 Å². The Balaban J connectivity index is 2.24. The second-order valence-electron chi connectivity index (χ2n) is 4.86. The van der Waals surface area contributed by atoms with E-state index in [9.17, 15) is 0 Å². The summed E-state index contributed by atoms with van der Waals surface area (Å²) in [6, 6.07) is 3.86. The zero-order chi connectivity index (χ0) is 13.8. The van der Waals surface area contributed by atoms with E-state index in [-0.39, 0.29) is 0 Å². The number of benzene rings is 1. The molecule has 4 heteroatoms. The van der Waals surface area contributed by atoms with Crippen molar-refractivity contribution in [3.05, 3.63) is 17.7 Å². The maximum absolute atomic E-state index is 5.50. The highest BCUT2D eigenvalue weighted by Crippen LogP contribution is 2.54. The third kappa shape index (κ3) is 2.95. The number of ether oxygens (including phenoxy) is 3. The van der Waals surface area contributed by atoms with Crippen LogP contribution in [-0.4, -0.2) is 34.4 Å². The van der Waals surface area contributed by atoms with Crippen LogP contribution in [0.5, 0.6) is 17.2 Å². The van der Waals surface area contributed by atoms with Gasteiger partial charge in [0.2, 0.25) is 0 Å². The molecule has 2 unspecified atom stereocenters. The first-order valence-corrected chi connectivity index (χ1v) is 6.75. The van der Waals surface area contributed by atoms with Crippen molar-refractivity contribution in [2.45, 2.75) is 19.3 Å². The van der Waals surface area contributed by atoms with E-state index in [1.54, 1.807) is 21.3 Å². The lowest BCUT2D eigenvalue weighted by atomic mass is 10.1. The van der Waals surface area contributed by atoms with E-state index in [0.717, 1.165) is 30.3 Å². The Morgan fingerprint density at radius 2 is 1.74 bits per heavy atom. The number of hydrogen-bond acceptors (Lipinski definition) is 4. The molecule has 106 valence electrons. The maximum Gasteiger partial charge on any atom is 0.129 e. The molecular weight excluding hydrogens is 242 g/mol. The molecule has 0 heterocycles. The molecule has 0 bridgehead atoms. The zero-order valence-electron chi connectivity index (χ0n) is 12.2. The van der Waals surface area contributed by atoms with Crippen LogP contribution in [0.3, 0.4) is 0 Å². The number of methoxy groups -OCH3 is 3. The first-order chi connectivity index (χ1) is 9.24. The minimum absolute atomic E-state index is 0.523. The fourth-order valence-electron chi connectivity index (χ4n) is 2.55. The molecule has 1 aliphatic carbocycles. The fourth-order valence-corrected chi connectivity index (χ4v) is 2.55. The van der Waals surface area contributed by atoms with Crippen LogP contribution in [-0.2, 0) is 0 Å². The molecular formula is C15H23NO3. The van der Waals surface area contributed by atoms with Crippen LogP contribution in [0.2, 0.25) is 0 Å². The minimum Gasteiger partial charge on any atom is -0.496 e. The smallest absolute Gasteiger partial charge is 0.129 e. The Morgan fingerprint density at radius 3 is 2.21 bits per heavy atom. The second-order valence-corrected chi connectivity index (χ2v) is 4.86. The van der Waals surface area contributed by atoms with Gasteiger partial charge in [-0.15, -0.1) is 0 Å². The second kappa shape index (κ2) is 6.15. The van der Waals surface area contributed by atoms with Crippen molar-refractivity contribution in [3.8, 4) is 17.2 Å². The summed E-state index contributed by atoms with van der Waals surface area (Å²) >= 11 is 0. The standard InChI is InChI=1S/C15H23NO3/c1-5-16-9-10-6-12(10)15-13(18-3)7-11(17-2)8-14(15)19-4/h7-8,10,12,16H,5-6,9H2,1-4H3. The van der Waals surface area contributed by atoms with E-state index >= 15 is 0 Å². The van der Waals surface area contributed by atoms with Gasteiger partial charge in [-0.3, -0.25) is 0 Å². The Bertz CT molecular complexity index is 408. The average Bonchev–Trinajstić information content (AvgIpc) is 3.22. The summed E-state index contributed by atoms with van der Waals surface area (Å²) < 4.78 is 16.3. The number of rotatable bonds is 7. The Labute approximate surface area is 115 Å². The first kappa shape index (κ1) is 14.0. The number of hydrogen-bond donors (Lipinski definition) is 1. The van der Waals surface area contributed by atoms with Gasteiger partial charge in [0.05, 0.1) is 21.3 Å². The highest BCUT2D eigenvalue weighted by molar-refractivity contribution is 5.54. The zero-order valence-corrected chi connectivity index (χ0v) is 12.2. The summed E-state index contributed by atoms with van der Waals surface area (Å²) in [5.41, 5.74) is 1.17. The molecule has 0 spiro atoms. The molecule has 0 aromatic heterocycles. The summed E-state index contributed by atoms with van der Waals surface area (Å²) in [5.74, 6) is 3.69. The number of nitrogens with one attached hydrogen (secondary N) is 1. The molecule has 1 aromatic carbocycles. The molecule has 1 N–H and O–H groups in total. The summed E-state index contributed by atoms with van der Waals surface area (Å²) in [6.07, 6.45) is 1.19. The van der Waals surface area contributed by atoms with Crippen LogP contribution < -0.4 is 19.5 Å². The fraction of sp³-hybridized carbons (Fsp3) is 0.600. The summed E-state index contributed by atoms with van der Waals surface area (Å²) in [7, 11) is 5.04. The van der Waals surface area contributed by atoms with Gasteiger partial charge in [0.15, 0.2) is 0 Å². The van der Waals surface area contributed by atoms with E-state index in [2.05, 4.69) is 12.2 Å². The van der Waals surface area contributed by atoms with Crippen LogP contribution >= 0.6 is 0 Å². The molecule has 1 saturated carbocycles. The molecule has 0 radical (unpaired) electrons. The van der Waals surface area contributed by atoms with Crippen molar-refractivity contribution in [2.75, 3.05) is 34.4 Å². The first-order valence-electron chi connectivity index (χ1n) is 6.75. The van der Waals surface area contributed by atoms with E-state index < -0.39 is 0 Å². The van der Waals surface area contributed by atoms with Crippen molar-refractivity contribution in [3.63, 3.8) is 0 Å². The van der Waals surface area contributed by atoms with Crippen LogP contribution in [0.1, 0.15) is 24.8 Å². The quantitative estimate of drug-likeness (QED) is 0.822. The van der Waals surface area contributed by atoms with E-state index in [4.69, 9.17) is 14.2 Å². The molecule has 1 aromatic rings. The highest BCUT2D eigenvalue weighted by atomic mass is 16.5. The van der Waals surface area contributed by atoms with Crippen LogP contribution in [0, 0.1) is 5.92 Å². The Morgan fingerprint density at radius 1 is 1.11 bits per heavy atom. The van der Waals surface area contributed by atoms with Crippen LogP contribution in [0.15, 0.2) is 12.1 Å². The molecule has 0 saturated heterocycles. The lowest BCUT2D eigenvalue weighted by Gasteiger charge is -2.15. The van der Waals surface area contributed by atoms with Crippen molar-refractivity contribution in [2.24, 2.45) is 5.92 Å². The predicted octanol–water partition coefficient (Wildman–Crippen LogP) is 2.43. The van der Waals surface area contributed by atoms with Crippen molar-refractivity contribution in [1.29, 1.82) is 0 Å². The predicted molar refractivity (Wildman–Crippen MR) is 75.5 cm³/mol. The lowest BCUT2D eigenvalue weighted by molar-refractivity contribution is 0.368. The van der Waals surface area contributed by atoms with Crippen LogP contribution in [0.25, 0.3) is 0 Å². The Kier molecular flexibility index (Phi) is 4.53. The monoisotopic (exact) mass is 265 g/mol. The van der Waals surface area contributed by atoms with Crippen molar-refractivity contribution < 1.29 is 14.2 Å². The van der Waals surface area contributed by atoms with Crippen molar-refractivity contribution in [1.82, 2.24) is 5.32 Å². The van der Waals surface area contributed by atoms with Gasteiger partial charge >= 0.3 is 0 Å². The van der Waals surface area contributed by atoms with Gasteiger partial charge in [0.1, 0.15) is 17.2 Å². The molecule has 1 fully saturated rings. The molecule has 0 amide bonds. The van der Waals surface area contributed by atoms with Crippen molar-refractivity contribution >= 4 is 0 Å². The third-order valence-electron chi connectivity index (χ3n) is 3.70. The summed E-state index contributed by atoms with van der Waals surface area (Å²) in [4.78, 5) is 0. The summed E-state index contributed by atoms with van der Waals surface area (Å²) in [6.45, 7) is 4.20. The topological polar surface area (TPSA) is 39.7 Å². The third-order valence-corrected chi connectivity index (χ3v) is 3.70. The highest BCUT2D eigenvalue weighted by Gasteiger charge is 2.41. The average molecular weight is 265 g/mol. The minimum atomic E-state index is 0.523. The van der Waals surface area contributed by atoms with Crippen LogP contribution in [0.4, 0.5) is 0 Å². The van der Waals surface area contributed by atoms with E-state index in [0.29, 0.717) is 11.8 Å². The van der Waals surface area contributed by atoms with Gasteiger partial charge in [0, 0.05) is 17.7 Å². The largest absolute Gasteiger partial charge is 0.496 e. The molecule has 19 heavy (non-hydrogen) atoms. The van der Waals surface area contributed by atoms with Gasteiger partial charge in [-0.2, -0.15) is 0 Å². The molecule has 0 aliphatic heterocycles. The van der Waals surface area contributed by atoms with E-state index in [1.165, 1.54) is 12.0 Å².